The predicted octanol–water partition coefficient (Wildman–Crippen LogP) is 3.06. The van der Waals surface area contributed by atoms with E-state index >= 15 is 0 Å². The third-order valence-electron chi connectivity index (χ3n) is 5.51. The van der Waals surface area contributed by atoms with Crippen molar-refractivity contribution < 1.29 is 0 Å². The first kappa shape index (κ1) is 13.6. The van der Waals surface area contributed by atoms with Gasteiger partial charge in [0.05, 0.1) is 0 Å². The number of halogens is 1. The summed E-state index contributed by atoms with van der Waals surface area (Å²) >= 11 is 0. The summed E-state index contributed by atoms with van der Waals surface area (Å²) in [4.78, 5) is 0. The third-order valence-corrected chi connectivity index (χ3v) is 5.51. The summed E-state index contributed by atoms with van der Waals surface area (Å²) in [6.07, 6.45) is 7.62. The number of hydrogen-bond donors (Lipinski definition) is 1. The molecule has 0 saturated heterocycles. The molecule has 0 aromatic rings. The van der Waals surface area contributed by atoms with Crippen molar-refractivity contribution in [3.05, 3.63) is 0 Å². The Labute approximate surface area is 112 Å². The van der Waals surface area contributed by atoms with Crippen LogP contribution in [0, 0.1) is 29.6 Å². The topological polar surface area (TPSA) is 29.3 Å². The number of nitrogens with two attached hydrogens (primary N) is 1. The maximum Gasteiger partial charge on any atom is 0.0184 e. The van der Waals surface area contributed by atoms with E-state index in [9.17, 15) is 0 Å². The van der Waals surface area contributed by atoms with Crippen molar-refractivity contribution in [3.63, 3.8) is 0 Å². The number of hydrogen-bond acceptors (Lipinski definition) is 2. The zero-order valence-corrected chi connectivity index (χ0v) is 12.0. The molecule has 2 nitrogen and oxygen atoms in total. The summed E-state index contributed by atoms with van der Waals surface area (Å²) in [7, 11) is 0. The van der Waals surface area contributed by atoms with Crippen molar-refractivity contribution in [2.75, 3.05) is 6.54 Å². The van der Waals surface area contributed by atoms with Crippen LogP contribution in [0.4, 0.5) is 0 Å². The average Bonchev–Trinajstić information content (AvgIpc) is 2.21. The monoisotopic (exact) mass is 258 g/mol. The van der Waals surface area contributed by atoms with Crippen LogP contribution >= 0.6 is 12.4 Å². The summed E-state index contributed by atoms with van der Waals surface area (Å²) in [5, 5.41) is 2.08. The normalized spacial score (nSPS) is 43.2. The molecule has 3 heteroatoms. The van der Waals surface area contributed by atoms with E-state index in [2.05, 4.69) is 18.9 Å². The molecule has 0 radical (unpaired) electrons. The average molecular weight is 259 g/mol. The van der Waals surface area contributed by atoms with Crippen LogP contribution in [0.1, 0.15) is 46.0 Å². The van der Waals surface area contributed by atoms with Gasteiger partial charge >= 0.3 is 0 Å². The predicted molar refractivity (Wildman–Crippen MR) is 73.8 cm³/mol. The molecule has 0 aromatic heterocycles. The van der Waals surface area contributed by atoms with Crippen LogP contribution in [-0.4, -0.2) is 17.6 Å². The van der Waals surface area contributed by atoms with E-state index in [1.54, 1.807) is 6.42 Å². The first-order valence-corrected chi connectivity index (χ1v) is 7.14. The van der Waals surface area contributed by atoms with Crippen LogP contribution in [-0.2, 0) is 0 Å². The Bertz CT molecular complexity index is 239. The second-order valence-electron chi connectivity index (χ2n) is 6.89. The maximum absolute atomic E-state index is 6.13. The SMILES string of the molecule is CC(C)N(N)CC1C2CC3CC(C2)CC1C3.Cl. The minimum absolute atomic E-state index is 0. The van der Waals surface area contributed by atoms with Crippen molar-refractivity contribution in [2.45, 2.75) is 52.0 Å². The van der Waals surface area contributed by atoms with E-state index < -0.39 is 0 Å². The molecule has 17 heavy (non-hydrogen) atoms. The summed E-state index contributed by atoms with van der Waals surface area (Å²) in [6, 6.07) is 0.497. The molecule has 4 rings (SSSR count). The van der Waals surface area contributed by atoms with Gasteiger partial charge < -0.3 is 0 Å². The summed E-state index contributed by atoms with van der Waals surface area (Å²) in [5.74, 6) is 11.3. The van der Waals surface area contributed by atoms with Gasteiger partial charge in [0.2, 0.25) is 0 Å². The van der Waals surface area contributed by atoms with Crippen LogP contribution < -0.4 is 5.84 Å². The molecule has 100 valence electrons. The van der Waals surface area contributed by atoms with Gasteiger partial charge in [0.15, 0.2) is 0 Å². The van der Waals surface area contributed by atoms with Crippen LogP contribution in [0.15, 0.2) is 0 Å². The largest absolute Gasteiger partial charge is 0.269 e. The Balaban J connectivity index is 0.00000108. The van der Waals surface area contributed by atoms with Gasteiger partial charge in [-0.2, -0.15) is 0 Å². The van der Waals surface area contributed by atoms with Gasteiger partial charge in [0.1, 0.15) is 0 Å². The van der Waals surface area contributed by atoms with Crippen LogP contribution in [0.25, 0.3) is 0 Å². The molecule has 0 aliphatic heterocycles. The van der Waals surface area contributed by atoms with E-state index in [1.165, 1.54) is 25.7 Å². The summed E-state index contributed by atoms with van der Waals surface area (Å²) < 4.78 is 0. The highest BCUT2D eigenvalue weighted by Crippen LogP contribution is 2.56. The summed E-state index contributed by atoms with van der Waals surface area (Å²) in [5.41, 5.74) is 0. The standard InChI is InChI=1S/C14H26N2.ClH/c1-9(2)16(15)8-14-12-4-10-3-11(6-12)7-13(14)5-10;/h9-14H,3-8,15H2,1-2H3;1H. The van der Waals surface area contributed by atoms with Crippen molar-refractivity contribution in [1.29, 1.82) is 0 Å². The minimum Gasteiger partial charge on any atom is -0.269 e. The molecule has 0 heterocycles. The third kappa shape index (κ3) is 2.50. The zero-order valence-electron chi connectivity index (χ0n) is 11.1. The maximum atomic E-state index is 6.13. The molecule has 4 aliphatic carbocycles. The number of hydrazine groups is 1. The number of nitrogens with zero attached hydrogens (tertiary/aromatic N) is 1. The van der Waals surface area contributed by atoms with E-state index in [0.29, 0.717) is 6.04 Å². The lowest BCUT2D eigenvalue weighted by atomic mass is 9.52. The van der Waals surface area contributed by atoms with Gasteiger partial charge in [-0.15, -0.1) is 12.4 Å². The van der Waals surface area contributed by atoms with E-state index in [-0.39, 0.29) is 12.4 Å². The molecule has 4 aliphatic rings. The van der Waals surface area contributed by atoms with E-state index in [0.717, 1.165) is 36.1 Å². The molecule has 4 fully saturated rings. The van der Waals surface area contributed by atoms with E-state index in [1.807, 2.05) is 0 Å². The van der Waals surface area contributed by atoms with Crippen molar-refractivity contribution in [2.24, 2.45) is 35.4 Å². The Morgan fingerprint density at radius 1 is 1.00 bits per heavy atom. The van der Waals surface area contributed by atoms with Gasteiger partial charge in [-0.25, -0.2) is 5.01 Å². The molecule has 2 N–H and O–H groups in total. The Hall–Kier alpha value is 0.210. The molecule has 0 unspecified atom stereocenters. The van der Waals surface area contributed by atoms with Gasteiger partial charge in [-0.3, -0.25) is 5.84 Å². The quantitative estimate of drug-likeness (QED) is 0.623. The number of rotatable bonds is 3. The highest BCUT2D eigenvalue weighted by atomic mass is 35.5. The molecule has 0 aromatic carbocycles. The van der Waals surface area contributed by atoms with Gasteiger partial charge in [-0.1, -0.05) is 0 Å². The highest BCUT2D eigenvalue weighted by Gasteiger charge is 2.48. The minimum atomic E-state index is 0. The molecule has 0 spiro atoms. The highest BCUT2D eigenvalue weighted by molar-refractivity contribution is 5.85. The van der Waals surface area contributed by atoms with Gasteiger partial charge in [0, 0.05) is 12.6 Å². The van der Waals surface area contributed by atoms with E-state index in [4.69, 9.17) is 5.84 Å². The Morgan fingerprint density at radius 3 is 1.88 bits per heavy atom. The molecule has 4 bridgehead atoms. The fraction of sp³-hybridized carbons (Fsp3) is 1.00. The Morgan fingerprint density at radius 2 is 1.47 bits per heavy atom. The van der Waals surface area contributed by atoms with Crippen molar-refractivity contribution in [3.8, 4) is 0 Å². The van der Waals surface area contributed by atoms with Crippen molar-refractivity contribution >= 4 is 12.4 Å². The zero-order chi connectivity index (χ0) is 11.3. The molecule has 0 atom stereocenters. The first-order chi connectivity index (χ1) is 7.63. The molecular weight excluding hydrogens is 232 g/mol. The fourth-order valence-corrected chi connectivity index (χ4v) is 4.79. The Kier molecular flexibility index (Phi) is 4.06. The molecule has 0 amide bonds. The lowest BCUT2D eigenvalue weighted by Gasteiger charge is -2.55. The second kappa shape index (κ2) is 5.07. The fourth-order valence-electron chi connectivity index (χ4n) is 4.79. The summed E-state index contributed by atoms with van der Waals surface area (Å²) in [6.45, 7) is 5.55. The lowest BCUT2D eigenvalue weighted by Crippen LogP contribution is -2.51. The van der Waals surface area contributed by atoms with Gasteiger partial charge in [-0.05, 0) is 75.5 Å². The van der Waals surface area contributed by atoms with Gasteiger partial charge in [0.25, 0.3) is 0 Å². The second-order valence-corrected chi connectivity index (χ2v) is 6.89. The van der Waals surface area contributed by atoms with Crippen LogP contribution in [0.2, 0.25) is 0 Å². The smallest absolute Gasteiger partial charge is 0.0184 e. The molecule has 4 saturated carbocycles. The lowest BCUT2D eigenvalue weighted by molar-refractivity contribution is -0.0523. The van der Waals surface area contributed by atoms with Crippen molar-refractivity contribution in [1.82, 2.24) is 5.01 Å². The molecular formula is C14H27ClN2. The van der Waals surface area contributed by atoms with Crippen LogP contribution in [0.5, 0.6) is 0 Å². The van der Waals surface area contributed by atoms with Crippen LogP contribution in [0.3, 0.4) is 0 Å². The first-order valence-electron chi connectivity index (χ1n) is 7.14.